The van der Waals surface area contributed by atoms with Crippen molar-refractivity contribution in [3.05, 3.63) is 36.2 Å². The zero-order valence-electron chi connectivity index (χ0n) is 8.14. The highest BCUT2D eigenvalue weighted by atomic mass is 16.5. The highest BCUT2D eigenvalue weighted by Gasteiger charge is 1.95. The van der Waals surface area contributed by atoms with Crippen molar-refractivity contribution in [1.82, 2.24) is 4.98 Å². The predicted octanol–water partition coefficient (Wildman–Crippen LogP) is 2.05. The molecular weight excluding hydrogens is 178 g/mol. The Morgan fingerprint density at radius 2 is 2.50 bits per heavy atom. The molecule has 0 aliphatic carbocycles. The van der Waals surface area contributed by atoms with Crippen molar-refractivity contribution in [1.29, 1.82) is 0 Å². The molecule has 0 aromatic carbocycles. The van der Waals surface area contributed by atoms with E-state index in [0.717, 1.165) is 5.56 Å². The quantitative estimate of drug-likeness (QED) is 0.684. The Bertz CT molecular complexity index is 306. The van der Waals surface area contributed by atoms with E-state index in [4.69, 9.17) is 4.74 Å². The van der Waals surface area contributed by atoms with Gasteiger partial charge < -0.3 is 4.74 Å². The van der Waals surface area contributed by atoms with Crippen molar-refractivity contribution >= 4 is 12.0 Å². The van der Waals surface area contributed by atoms with E-state index in [1.165, 1.54) is 0 Å². The Hall–Kier alpha value is -1.64. The van der Waals surface area contributed by atoms with Crippen LogP contribution >= 0.6 is 0 Å². The number of nitrogens with zero attached hydrogens (tertiary/aromatic N) is 1. The molecule has 0 unspecified atom stereocenters. The van der Waals surface area contributed by atoms with Gasteiger partial charge in [-0.1, -0.05) is 18.2 Å². The van der Waals surface area contributed by atoms with Crippen molar-refractivity contribution in [2.45, 2.75) is 13.3 Å². The fourth-order valence-corrected chi connectivity index (χ4v) is 0.986. The third-order valence-corrected chi connectivity index (χ3v) is 1.58. The molecule has 0 radical (unpaired) electrons. The van der Waals surface area contributed by atoms with Crippen LogP contribution in [-0.4, -0.2) is 17.6 Å². The highest BCUT2D eigenvalue weighted by molar-refractivity contribution is 5.72. The number of carbonyl (C=O) groups excluding carboxylic acids is 1. The molecule has 0 atom stereocenters. The van der Waals surface area contributed by atoms with Crippen molar-refractivity contribution in [2.75, 3.05) is 6.61 Å². The van der Waals surface area contributed by atoms with E-state index in [2.05, 4.69) is 4.98 Å². The van der Waals surface area contributed by atoms with Crippen molar-refractivity contribution in [3.8, 4) is 0 Å². The van der Waals surface area contributed by atoms with Crippen LogP contribution in [0.15, 0.2) is 30.6 Å². The fourth-order valence-electron chi connectivity index (χ4n) is 0.986. The van der Waals surface area contributed by atoms with Gasteiger partial charge in [0.25, 0.3) is 0 Å². The second-order valence-electron chi connectivity index (χ2n) is 2.70. The lowest BCUT2D eigenvalue weighted by atomic mass is 10.2. The van der Waals surface area contributed by atoms with Gasteiger partial charge in [-0.15, -0.1) is 0 Å². The lowest BCUT2D eigenvalue weighted by Crippen LogP contribution is -2.01. The molecule has 1 heterocycles. The second-order valence-corrected chi connectivity index (χ2v) is 2.70. The normalized spacial score (nSPS) is 10.4. The average Bonchev–Trinajstić information content (AvgIpc) is 2.20. The summed E-state index contributed by atoms with van der Waals surface area (Å²) in [7, 11) is 0. The maximum Gasteiger partial charge on any atom is 0.309 e. The summed E-state index contributed by atoms with van der Waals surface area (Å²) >= 11 is 0. The highest BCUT2D eigenvalue weighted by Crippen LogP contribution is 2.00. The first-order valence-electron chi connectivity index (χ1n) is 4.55. The molecule has 3 heteroatoms. The summed E-state index contributed by atoms with van der Waals surface area (Å²) in [6, 6.07) is 3.78. The molecule has 1 rings (SSSR count). The Balaban J connectivity index is 2.38. The van der Waals surface area contributed by atoms with Crippen LogP contribution in [0.2, 0.25) is 0 Å². The third-order valence-electron chi connectivity index (χ3n) is 1.58. The molecule has 0 spiro atoms. The molecule has 0 aliphatic rings. The molecule has 3 nitrogen and oxygen atoms in total. The minimum Gasteiger partial charge on any atom is -0.466 e. The van der Waals surface area contributed by atoms with Crippen LogP contribution in [0.25, 0.3) is 6.08 Å². The molecule has 14 heavy (non-hydrogen) atoms. The minimum absolute atomic E-state index is 0.201. The fraction of sp³-hybridized carbons (Fsp3) is 0.273. The van der Waals surface area contributed by atoms with Gasteiger partial charge in [0.05, 0.1) is 13.0 Å². The summed E-state index contributed by atoms with van der Waals surface area (Å²) < 4.78 is 4.77. The van der Waals surface area contributed by atoms with E-state index in [0.29, 0.717) is 13.0 Å². The number of pyridine rings is 1. The molecule has 0 aliphatic heterocycles. The zero-order chi connectivity index (χ0) is 10.2. The van der Waals surface area contributed by atoms with Crippen LogP contribution < -0.4 is 0 Å². The third kappa shape index (κ3) is 3.85. The Morgan fingerprint density at radius 1 is 1.64 bits per heavy atom. The summed E-state index contributed by atoms with van der Waals surface area (Å²) in [5, 5.41) is 0. The Kier molecular flexibility index (Phi) is 4.41. The topological polar surface area (TPSA) is 39.2 Å². The van der Waals surface area contributed by atoms with Gasteiger partial charge in [-0.25, -0.2) is 0 Å². The lowest BCUT2D eigenvalue weighted by molar-refractivity contribution is -0.142. The van der Waals surface area contributed by atoms with Crippen LogP contribution in [0.1, 0.15) is 18.9 Å². The van der Waals surface area contributed by atoms with Gasteiger partial charge in [-0.2, -0.15) is 0 Å². The molecule has 1 aromatic rings. The zero-order valence-corrected chi connectivity index (χ0v) is 8.14. The van der Waals surface area contributed by atoms with E-state index in [1.54, 1.807) is 25.4 Å². The van der Waals surface area contributed by atoms with E-state index in [-0.39, 0.29) is 5.97 Å². The van der Waals surface area contributed by atoms with Crippen molar-refractivity contribution in [3.63, 3.8) is 0 Å². The number of esters is 1. The number of carbonyl (C=O) groups is 1. The summed E-state index contributed by atoms with van der Waals surface area (Å²) in [5.74, 6) is -0.201. The number of ether oxygens (including phenoxy) is 1. The summed E-state index contributed by atoms with van der Waals surface area (Å²) in [5.41, 5.74) is 0.983. The maximum atomic E-state index is 10.9. The van der Waals surface area contributed by atoms with Crippen LogP contribution in [0.4, 0.5) is 0 Å². The molecule has 0 fully saturated rings. The van der Waals surface area contributed by atoms with Crippen LogP contribution in [0.3, 0.4) is 0 Å². The standard InChI is InChI=1S/C11H13NO2/c1-2-14-11(13)7-3-5-10-6-4-8-12-9-10/h3-6,8-9H,2,7H2,1H3/b5-3+. The molecular formula is C11H13NO2. The van der Waals surface area contributed by atoms with Crippen molar-refractivity contribution in [2.24, 2.45) is 0 Å². The van der Waals surface area contributed by atoms with Gasteiger partial charge in [0.2, 0.25) is 0 Å². The molecule has 0 saturated carbocycles. The van der Waals surface area contributed by atoms with Gasteiger partial charge in [-0.3, -0.25) is 9.78 Å². The summed E-state index contributed by atoms with van der Waals surface area (Å²) in [6.07, 6.45) is 7.38. The maximum absolute atomic E-state index is 10.9. The number of hydrogen-bond donors (Lipinski definition) is 0. The Labute approximate surface area is 83.4 Å². The second kappa shape index (κ2) is 5.91. The van der Waals surface area contributed by atoms with Gasteiger partial charge >= 0.3 is 5.97 Å². The van der Waals surface area contributed by atoms with Crippen LogP contribution in [-0.2, 0) is 9.53 Å². The number of aromatic nitrogens is 1. The largest absolute Gasteiger partial charge is 0.466 e. The van der Waals surface area contributed by atoms with Crippen LogP contribution in [0, 0.1) is 0 Å². The predicted molar refractivity (Wildman–Crippen MR) is 54.5 cm³/mol. The summed E-state index contributed by atoms with van der Waals surface area (Å²) in [6.45, 7) is 2.22. The Morgan fingerprint density at radius 3 is 3.14 bits per heavy atom. The van der Waals surface area contributed by atoms with Gasteiger partial charge in [0.1, 0.15) is 0 Å². The number of hydrogen-bond acceptors (Lipinski definition) is 3. The summed E-state index contributed by atoms with van der Waals surface area (Å²) in [4.78, 5) is 14.9. The molecule has 0 amide bonds. The first kappa shape index (κ1) is 10.4. The van der Waals surface area contributed by atoms with Gasteiger partial charge in [0.15, 0.2) is 0 Å². The molecule has 0 bridgehead atoms. The molecule has 0 N–H and O–H groups in total. The van der Waals surface area contributed by atoms with Crippen molar-refractivity contribution < 1.29 is 9.53 Å². The lowest BCUT2D eigenvalue weighted by Gasteiger charge is -1.96. The monoisotopic (exact) mass is 191 g/mol. The molecule has 74 valence electrons. The number of rotatable bonds is 4. The SMILES string of the molecule is CCOC(=O)C/C=C/c1cccnc1. The molecule has 1 aromatic heterocycles. The first-order valence-corrected chi connectivity index (χ1v) is 4.55. The minimum atomic E-state index is -0.201. The first-order chi connectivity index (χ1) is 6.83. The van der Waals surface area contributed by atoms with Gasteiger partial charge in [-0.05, 0) is 18.6 Å². The van der Waals surface area contributed by atoms with Crippen LogP contribution in [0.5, 0.6) is 0 Å². The van der Waals surface area contributed by atoms with E-state index in [9.17, 15) is 4.79 Å². The smallest absolute Gasteiger partial charge is 0.309 e. The van der Waals surface area contributed by atoms with Gasteiger partial charge in [0, 0.05) is 12.4 Å². The van der Waals surface area contributed by atoms with E-state index >= 15 is 0 Å². The molecule has 0 saturated heterocycles. The van der Waals surface area contributed by atoms with E-state index in [1.807, 2.05) is 18.2 Å². The average molecular weight is 191 g/mol. The van der Waals surface area contributed by atoms with E-state index < -0.39 is 0 Å².